The topological polar surface area (TPSA) is 40.5 Å². The smallest absolute Gasteiger partial charge is 0.0977 e. The molecule has 0 amide bonds. The van der Waals surface area contributed by atoms with Gasteiger partial charge in [-0.3, -0.25) is 0 Å². The Morgan fingerprint density at radius 3 is 2.44 bits per heavy atom. The monoisotopic (exact) mass is 130 g/mol. The molecule has 2 atom stereocenters. The lowest BCUT2D eigenvalue weighted by Crippen LogP contribution is -2.22. The van der Waals surface area contributed by atoms with Gasteiger partial charge in [0.15, 0.2) is 0 Å². The Balaban J connectivity index is 3.44. The summed E-state index contributed by atoms with van der Waals surface area (Å²) in [5.41, 5.74) is 0. The van der Waals surface area contributed by atoms with Crippen molar-refractivity contribution in [2.75, 3.05) is 0 Å². The van der Waals surface area contributed by atoms with E-state index in [9.17, 15) is 0 Å². The van der Waals surface area contributed by atoms with Gasteiger partial charge in [0.25, 0.3) is 0 Å². The zero-order valence-electron chi connectivity index (χ0n) is 5.75. The summed E-state index contributed by atoms with van der Waals surface area (Å²) in [7, 11) is 0. The Morgan fingerprint density at radius 1 is 1.56 bits per heavy atom. The lowest BCUT2D eigenvalue weighted by atomic mass is 10.1. The van der Waals surface area contributed by atoms with Gasteiger partial charge >= 0.3 is 0 Å². The average Bonchev–Trinajstić information content (AvgIpc) is 1.87. The van der Waals surface area contributed by atoms with Crippen molar-refractivity contribution in [3.63, 3.8) is 0 Å². The first kappa shape index (κ1) is 8.66. The molecular formula is C7H14O2. The highest BCUT2D eigenvalue weighted by Gasteiger charge is 2.09. The van der Waals surface area contributed by atoms with Crippen LogP contribution in [0.3, 0.4) is 0 Å². The van der Waals surface area contributed by atoms with Gasteiger partial charge in [-0.25, -0.2) is 0 Å². The molecule has 0 aromatic heterocycles. The van der Waals surface area contributed by atoms with Crippen LogP contribution in [0.4, 0.5) is 0 Å². The Labute approximate surface area is 55.8 Å². The van der Waals surface area contributed by atoms with Crippen LogP contribution < -0.4 is 0 Å². The largest absolute Gasteiger partial charge is 0.390 e. The Hall–Kier alpha value is -0.340. The number of aliphatic hydroxyl groups excluding tert-OH is 2. The van der Waals surface area contributed by atoms with Gasteiger partial charge in [0, 0.05) is 0 Å². The zero-order valence-corrected chi connectivity index (χ0v) is 5.75. The summed E-state index contributed by atoms with van der Waals surface area (Å²) >= 11 is 0. The van der Waals surface area contributed by atoms with Crippen molar-refractivity contribution < 1.29 is 10.2 Å². The quantitative estimate of drug-likeness (QED) is 0.550. The predicted molar refractivity (Wildman–Crippen MR) is 37.1 cm³/mol. The number of hydrogen-bond donors (Lipinski definition) is 2. The summed E-state index contributed by atoms with van der Waals surface area (Å²) in [6.07, 6.45) is 1.47. The molecule has 0 rings (SSSR count). The van der Waals surface area contributed by atoms with Crippen LogP contribution in [0, 0.1) is 0 Å². The van der Waals surface area contributed by atoms with Crippen LogP contribution in [0.1, 0.15) is 19.8 Å². The minimum absolute atomic E-state index is 0.632. The maximum Gasteiger partial charge on any atom is 0.0977 e. The minimum Gasteiger partial charge on any atom is -0.390 e. The molecule has 0 saturated carbocycles. The molecule has 0 spiro atoms. The van der Waals surface area contributed by atoms with Gasteiger partial charge in [0.05, 0.1) is 12.2 Å². The molecule has 9 heavy (non-hydrogen) atoms. The highest BCUT2D eigenvalue weighted by atomic mass is 16.3. The Bertz CT molecular complexity index is 81.0. The van der Waals surface area contributed by atoms with Crippen molar-refractivity contribution in [1.82, 2.24) is 0 Å². The predicted octanol–water partition coefficient (Wildman–Crippen LogP) is 0.694. The van der Waals surface area contributed by atoms with Crippen LogP contribution in [0.5, 0.6) is 0 Å². The molecule has 0 aliphatic carbocycles. The normalized spacial score (nSPS) is 16.8. The summed E-state index contributed by atoms with van der Waals surface area (Å²) in [6.45, 7) is 5.31. The van der Waals surface area contributed by atoms with E-state index in [1.165, 1.54) is 6.08 Å². The van der Waals surface area contributed by atoms with E-state index in [1.807, 2.05) is 6.92 Å². The molecule has 54 valence electrons. The van der Waals surface area contributed by atoms with Crippen molar-refractivity contribution in [2.45, 2.75) is 32.0 Å². The van der Waals surface area contributed by atoms with Crippen molar-refractivity contribution in [3.8, 4) is 0 Å². The molecule has 0 radical (unpaired) electrons. The lowest BCUT2D eigenvalue weighted by Gasteiger charge is -2.11. The Morgan fingerprint density at radius 2 is 2.11 bits per heavy atom. The lowest BCUT2D eigenvalue weighted by molar-refractivity contribution is 0.0430. The molecule has 0 fully saturated rings. The van der Waals surface area contributed by atoms with Gasteiger partial charge < -0.3 is 10.2 Å². The third-order valence-electron chi connectivity index (χ3n) is 1.22. The molecule has 2 unspecified atom stereocenters. The fourth-order valence-corrected chi connectivity index (χ4v) is 0.624. The Kier molecular flexibility index (Phi) is 4.36. The molecule has 2 heteroatoms. The average molecular weight is 130 g/mol. The van der Waals surface area contributed by atoms with Gasteiger partial charge in [-0.05, 0) is 6.42 Å². The molecule has 2 N–H and O–H groups in total. The third-order valence-corrected chi connectivity index (χ3v) is 1.22. The fourth-order valence-electron chi connectivity index (χ4n) is 0.624. The minimum atomic E-state index is -0.759. The fraction of sp³-hybridized carbons (Fsp3) is 0.714. The van der Waals surface area contributed by atoms with Crippen LogP contribution in [0.25, 0.3) is 0 Å². The molecule has 0 aliphatic heterocycles. The third kappa shape index (κ3) is 3.27. The molecule has 0 bridgehead atoms. The van der Waals surface area contributed by atoms with Gasteiger partial charge in [0.1, 0.15) is 0 Å². The number of rotatable bonds is 4. The van der Waals surface area contributed by atoms with E-state index in [2.05, 4.69) is 6.58 Å². The van der Waals surface area contributed by atoms with Crippen molar-refractivity contribution in [2.24, 2.45) is 0 Å². The van der Waals surface area contributed by atoms with Crippen LogP contribution in [0.2, 0.25) is 0 Å². The zero-order chi connectivity index (χ0) is 7.28. The maximum atomic E-state index is 9.00. The van der Waals surface area contributed by atoms with Gasteiger partial charge in [-0.15, -0.1) is 6.58 Å². The van der Waals surface area contributed by atoms with E-state index in [-0.39, 0.29) is 0 Å². The standard InChI is InChI=1S/C7H14O2/c1-3-5-7(9)6(8)4-2/h4,6-9H,2-3,5H2,1H3. The van der Waals surface area contributed by atoms with Crippen molar-refractivity contribution in [1.29, 1.82) is 0 Å². The van der Waals surface area contributed by atoms with E-state index in [0.29, 0.717) is 6.42 Å². The van der Waals surface area contributed by atoms with Crippen molar-refractivity contribution >= 4 is 0 Å². The maximum absolute atomic E-state index is 9.00. The molecule has 0 saturated heterocycles. The van der Waals surface area contributed by atoms with Crippen LogP contribution in [0.15, 0.2) is 12.7 Å². The van der Waals surface area contributed by atoms with E-state index < -0.39 is 12.2 Å². The first-order chi connectivity index (χ1) is 4.22. The molecule has 0 aromatic rings. The molecule has 0 aromatic carbocycles. The first-order valence-electron chi connectivity index (χ1n) is 3.21. The second-order valence-corrected chi connectivity index (χ2v) is 2.08. The number of aliphatic hydroxyl groups is 2. The SMILES string of the molecule is C=CC(O)C(O)CCC. The highest BCUT2D eigenvalue weighted by molar-refractivity contribution is 4.83. The summed E-state index contributed by atoms with van der Waals surface area (Å²) in [4.78, 5) is 0. The number of hydrogen-bond acceptors (Lipinski definition) is 2. The van der Waals surface area contributed by atoms with Crippen LogP contribution >= 0.6 is 0 Å². The summed E-state index contributed by atoms with van der Waals surface area (Å²) < 4.78 is 0. The second kappa shape index (κ2) is 4.53. The highest BCUT2D eigenvalue weighted by Crippen LogP contribution is 2.01. The van der Waals surface area contributed by atoms with E-state index >= 15 is 0 Å². The van der Waals surface area contributed by atoms with Gasteiger partial charge in [-0.2, -0.15) is 0 Å². The van der Waals surface area contributed by atoms with Crippen LogP contribution in [-0.2, 0) is 0 Å². The van der Waals surface area contributed by atoms with E-state index in [0.717, 1.165) is 6.42 Å². The molecule has 2 nitrogen and oxygen atoms in total. The summed E-state index contributed by atoms with van der Waals surface area (Å²) in [5, 5.41) is 17.9. The van der Waals surface area contributed by atoms with Gasteiger partial charge in [-0.1, -0.05) is 19.4 Å². The van der Waals surface area contributed by atoms with Crippen LogP contribution in [-0.4, -0.2) is 22.4 Å². The molecule has 0 heterocycles. The second-order valence-electron chi connectivity index (χ2n) is 2.08. The summed E-state index contributed by atoms with van der Waals surface area (Å²) in [5.74, 6) is 0. The molecule has 0 aliphatic rings. The molecular weight excluding hydrogens is 116 g/mol. The first-order valence-corrected chi connectivity index (χ1v) is 3.21. The summed E-state index contributed by atoms with van der Waals surface area (Å²) in [6, 6.07) is 0. The van der Waals surface area contributed by atoms with Crippen molar-refractivity contribution in [3.05, 3.63) is 12.7 Å². The van der Waals surface area contributed by atoms with E-state index in [1.54, 1.807) is 0 Å². The van der Waals surface area contributed by atoms with E-state index in [4.69, 9.17) is 10.2 Å². The van der Waals surface area contributed by atoms with Gasteiger partial charge in [0.2, 0.25) is 0 Å².